The summed E-state index contributed by atoms with van der Waals surface area (Å²) in [4.78, 5) is 21.0. The molecule has 6 nitrogen and oxygen atoms in total. The number of aliphatic hydroxyl groups is 1. The molecule has 1 saturated carbocycles. The first-order valence-electron chi connectivity index (χ1n) is 9.93. The zero-order chi connectivity index (χ0) is 20.1. The quantitative estimate of drug-likeness (QED) is 0.542. The molecule has 6 heteroatoms. The molecule has 148 valence electrons. The first-order chi connectivity index (χ1) is 13.2. The van der Waals surface area contributed by atoms with Gasteiger partial charge in [-0.1, -0.05) is 18.2 Å². The highest BCUT2D eigenvalue weighted by Crippen LogP contribution is 2.37. The van der Waals surface area contributed by atoms with Gasteiger partial charge in [0.15, 0.2) is 0 Å². The number of para-hydroxylation sites is 1. The van der Waals surface area contributed by atoms with E-state index < -0.39 is 5.60 Å². The number of nitrogens with zero attached hydrogens (tertiary/aromatic N) is 1. The van der Waals surface area contributed by atoms with Crippen molar-refractivity contribution in [3.8, 4) is 0 Å². The van der Waals surface area contributed by atoms with Crippen molar-refractivity contribution < 1.29 is 9.90 Å². The molecule has 1 amide bonds. The van der Waals surface area contributed by atoms with Crippen LogP contribution in [-0.4, -0.2) is 38.7 Å². The number of carbonyl (C=O) groups is 1. The number of hydrogen-bond acceptors (Lipinski definition) is 4. The van der Waals surface area contributed by atoms with Gasteiger partial charge in [-0.25, -0.2) is 0 Å². The van der Waals surface area contributed by atoms with E-state index >= 15 is 0 Å². The van der Waals surface area contributed by atoms with Gasteiger partial charge in [0.05, 0.1) is 27.9 Å². The molecular weight excluding hydrogens is 352 g/mol. The minimum absolute atomic E-state index is 0.0919. The molecule has 1 aromatic carbocycles. The number of nitrogens with one attached hydrogen (secondary N) is 3. The molecule has 0 spiro atoms. The summed E-state index contributed by atoms with van der Waals surface area (Å²) in [6, 6.07) is 8.28. The minimum Gasteiger partial charge on any atom is -0.390 e. The molecule has 1 aliphatic rings. The Hall–Kier alpha value is -2.60. The number of carbonyl (C=O) groups excluding carboxylic acids is 1. The number of hydrogen-bond donors (Lipinski definition) is 4. The average molecular weight is 380 g/mol. The molecule has 0 aliphatic heterocycles. The maximum atomic E-state index is 13.0. The fourth-order valence-electron chi connectivity index (χ4n) is 3.96. The summed E-state index contributed by atoms with van der Waals surface area (Å²) in [5.41, 5.74) is 3.34. The Bertz CT molecular complexity index is 1030. The molecule has 3 aromatic rings. The van der Waals surface area contributed by atoms with Crippen LogP contribution >= 0.6 is 0 Å². The summed E-state index contributed by atoms with van der Waals surface area (Å²) in [5, 5.41) is 17.7. The molecule has 0 saturated heterocycles. The van der Waals surface area contributed by atoms with Crippen molar-refractivity contribution in [3.05, 3.63) is 36.0 Å². The van der Waals surface area contributed by atoms with Crippen LogP contribution in [0.5, 0.6) is 0 Å². The molecule has 0 radical (unpaired) electrons. The number of aromatic nitrogens is 2. The van der Waals surface area contributed by atoms with Crippen LogP contribution in [0.2, 0.25) is 0 Å². The highest BCUT2D eigenvalue weighted by Gasteiger charge is 2.39. The van der Waals surface area contributed by atoms with Crippen LogP contribution in [0.3, 0.4) is 0 Å². The molecule has 2 aromatic heterocycles. The maximum Gasteiger partial charge on any atom is 0.255 e. The van der Waals surface area contributed by atoms with Gasteiger partial charge in [-0.2, -0.15) is 0 Å². The van der Waals surface area contributed by atoms with Crippen LogP contribution in [0.25, 0.3) is 21.9 Å². The standard InChI is InChI=1S/C22H28N4O2/c1-12(2)24-19-16(21(27)25-14-9-13(10-14)22(3,4)28)11-23-18-15-7-5-6-8-17(15)26-20(18)19/h5-8,11-14,26,28H,9-10H2,1-4H3,(H,23,24)(H,25,27). The summed E-state index contributed by atoms with van der Waals surface area (Å²) in [6.45, 7) is 7.76. The van der Waals surface area contributed by atoms with Crippen LogP contribution < -0.4 is 10.6 Å². The van der Waals surface area contributed by atoms with Crippen molar-refractivity contribution in [1.82, 2.24) is 15.3 Å². The van der Waals surface area contributed by atoms with E-state index in [1.807, 2.05) is 38.1 Å². The van der Waals surface area contributed by atoms with E-state index in [1.54, 1.807) is 6.20 Å². The third-order valence-corrected chi connectivity index (χ3v) is 5.67. The third kappa shape index (κ3) is 3.33. The first kappa shape index (κ1) is 18.7. The molecule has 28 heavy (non-hydrogen) atoms. The number of fused-ring (bicyclic) bond motifs is 3. The predicted octanol–water partition coefficient (Wildman–Crippen LogP) is 3.82. The lowest BCUT2D eigenvalue weighted by Crippen LogP contribution is -2.51. The zero-order valence-electron chi connectivity index (χ0n) is 16.8. The predicted molar refractivity (Wildman–Crippen MR) is 113 cm³/mol. The molecule has 4 rings (SSSR count). The molecule has 0 atom stereocenters. The Morgan fingerprint density at radius 2 is 2.00 bits per heavy atom. The van der Waals surface area contributed by atoms with Crippen molar-refractivity contribution in [3.63, 3.8) is 0 Å². The molecule has 0 unspecified atom stereocenters. The molecule has 0 bridgehead atoms. The fourth-order valence-corrected chi connectivity index (χ4v) is 3.96. The summed E-state index contributed by atoms with van der Waals surface area (Å²) in [5.74, 6) is 0.0933. The van der Waals surface area contributed by atoms with E-state index in [9.17, 15) is 9.90 Å². The lowest BCUT2D eigenvalue weighted by atomic mass is 9.71. The van der Waals surface area contributed by atoms with Gasteiger partial charge in [-0.05, 0) is 52.5 Å². The Kier molecular flexibility index (Phi) is 4.54. The third-order valence-electron chi connectivity index (χ3n) is 5.67. The van der Waals surface area contributed by atoms with Crippen molar-refractivity contribution in [2.24, 2.45) is 5.92 Å². The second-order valence-electron chi connectivity index (χ2n) is 8.73. The van der Waals surface area contributed by atoms with E-state index in [2.05, 4.69) is 34.4 Å². The molecular formula is C22H28N4O2. The monoisotopic (exact) mass is 380 g/mol. The maximum absolute atomic E-state index is 13.0. The number of amides is 1. The fraction of sp³-hybridized carbons (Fsp3) is 0.455. The van der Waals surface area contributed by atoms with Crippen LogP contribution in [0.15, 0.2) is 30.5 Å². The van der Waals surface area contributed by atoms with Gasteiger partial charge in [0.1, 0.15) is 0 Å². The molecule has 2 heterocycles. The largest absolute Gasteiger partial charge is 0.390 e. The van der Waals surface area contributed by atoms with Crippen molar-refractivity contribution in [2.45, 2.75) is 58.2 Å². The highest BCUT2D eigenvalue weighted by molar-refractivity contribution is 6.13. The summed E-state index contributed by atoms with van der Waals surface area (Å²) in [6.07, 6.45) is 3.25. The SMILES string of the molecule is CC(C)Nc1c(C(=O)NC2CC(C(C)(C)O)C2)cnc2c1[nH]c1ccccc12. The van der Waals surface area contributed by atoms with E-state index in [0.29, 0.717) is 5.56 Å². The van der Waals surface area contributed by atoms with Crippen LogP contribution in [-0.2, 0) is 0 Å². The second-order valence-corrected chi connectivity index (χ2v) is 8.73. The number of H-pyrrole nitrogens is 1. The number of aromatic amines is 1. The lowest BCUT2D eigenvalue weighted by Gasteiger charge is -2.42. The number of benzene rings is 1. The van der Waals surface area contributed by atoms with E-state index in [1.165, 1.54) is 0 Å². The van der Waals surface area contributed by atoms with Gasteiger partial charge in [0.2, 0.25) is 0 Å². The summed E-state index contributed by atoms with van der Waals surface area (Å²) in [7, 11) is 0. The molecule has 4 N–H and O–H groups in total. The smallest absolute Gasteiger partial charge is 0.255 e. The molecule has 1 aliphatic carbocycles. The Morgan fingerprint density at radius 1 is 1.29 bits per heavy atom. The van der Waals surface area contributed by atoms with Gasteiger partial charge in [0, 0.05) is 29.2 Å². The van der Waals surface area contributed by atoms with E-state index in [-0.39, 0.29) is 23.9 Å². The van der Waals surface area contributed by atoms with Crippen molar-refractivity contribution in [1.29, 1.82) is 0 Å². The first-order valence-corrected chi connectivity index (χ1v) is 9.93. The van der Waals surface area contributed by atoms with Crippen molar-refractivity contribution >= 4 is 33.5 Å². The second kappa shape index (κ2) is 6.78. The Labute approximate surface area is 164 Å². The normalized spacial score (nSPS) is 19.8. The average Bonchev–Trinajstić information content (AvgIpc) is 2.95. The number of anilines is 1. The zero-order valence-corrected chi connectivity index (χ0v) is 16.8. The van der Waals surface area contributed by atoms with Gasteiger partial charge in [-0.15, -0.1) is 0 Å². The van der Waals surface area contributed by atoms with Gasteiger partial charge in [0.25, 0.3) is 5.91 Å². The Morgan fingerprint density at radius 3 is 2.68 bits per heavy atom. The highest BCUT2D eigenvalue weighted by atomic mass is 16.3. The lowest BCUT2D eigenvalue weighted by molar-refractivity contribution is -0.0309. The van der Waals surface area contributed by atoms with Gasteiger partial charge < -0.3 is 20.7 Å². The number of rotatable bonds is 5. The molecule has 1 fully saturated rings. The van der Waals surface area contributed by atoms with Crippen molar-refractivity contribution in [2.75, 3.05) is 5.32 Å². The van der Waals surface area contributed by atoms with Gasteiger partial charge >= 0.3 is 0 Å². The van der Waals surface area contributed by atoms with Crippen LogP contribution in [0, 0.1) is 5.92 Å². The minimum atomic E-state index is -0.698. The topological polar surface area (TPSA) is 90.0 Å². The van der Waals surface area contributed by atoms with Gasteiger partial charge in [-0.3, -0.25) is 9.78 Å². The summed E-state index contributed by atoms with van der Waals surface area (Å²) >= 11 is 0. The number of pyridine rings is 1. The Balaban J connectivity index is 1.66. The van der Waals surface area contributed by atoms with E-state index in [4.69, 9.17) is 0 Å². The van der Waals surface area contributed by atoms with Crippen LogP contribution in [0.4, 0.5) is 5.69 Å². The van der Waals surface area contributed by atoms with Crippen LogP contribution in [0.1, 0.15) is 50.9 Å². The summed E-state index contributed by atoms with van der Waals surface area (Å²) < 4.78 is 0. The van der Waals surface area contributed by atoms with E-state index in [0.717, 1.165) is 40.5 Å².